The van der Waals surface area contributed by atoms with Crippen LogP contribution in [0, 0.1) is 6.92 Å². The summed E-state index contributed by atoms with van der Waals surface area (Å²) in [5, 5.41) is 0.740. The summed E-state index contributed by atoms with van der Waals surface area (Å²) in [5.41, 5.74) is 6.39. The summed E-state index contributed by atoms with van der Waals surface area (Å²) < 4.78 is 29.4. The normalized spacial score (nSPS) is 12.3. The SMILES string of the molecule is CCC(CC)Nn1cnc2cnc3c(ccn3S(=O)(=O)c3ccc(C)cc3)c21. The maximum Gasteiger partial charge on any atom is 0.269 e. The Morgan fingerprint density at radius 3 is 2.46 bits per heavy atom. The van der Waals surface area contributed by atoms with Gasteiger partial charge in [0.05, 0.1) is 11.1 Å². The van der Waals surface area contributed by atoms with Crippen LogP contribution in [-0.4, -0.2) is 33.1 Å². The van der Waals surface area contributed by atoms with Crippen LogP contribution in [0.3, 0.4) is 0 Å². The first kappa shape index (κ1) is 18.5. The molecule has 0 saturated heterocycles. The van der Waals surface area contributed by atoms with Crippen molar-refractivity contribution < 1.29 is 8.42 Å². The molecule has 0 saturated carbocycles. The summed E-state index contributed by atoms with van der Waals surface area (Å²) in [4.78, 5) is 9.04. The molecule has 3 aromatic heterocycles. The van der Waals surface area contributed by atoms with Crippen molar-refractivity contribution >= 4 is 32.1 Å². The largest absolute Gasteiger partial charge is 0.321 e. The number of hydrogen-bond donors (Lipinski definition) is 1. The fourth-order valence-corrected chi connectivity index (χ4v) is 4.65. The predicted octanol–water partition coefficient (Wildman–Crippen LogP) is 3.66. The van der Waals surface area contributed by atoms with Crippen LogP contribution in [0.15, 0.2) is 53.9 Å². The molecule has 0 unspecified atom stereocenters. The lowest BCUT2D eigenvalue weighted by Crippen LogP contribution is -2.26. The Labute approximate surface area is 164 Å². The Morgan fingerprint density at radius 2 is 1.79 bits per heavy atom. The molecular weight excluding hydrogens is 374 g/mol. The smallest absolute Gasteiger partial charge is 0.269 e. The highest BCUT2D eigenvalue weighted by Crippen LogP contribution is 2.26. The summed E-state index contributed by atoms with van der Waals surface area (Å²) in [6.07, 6.45) is 6.85. The molecule has 0 bridgehead atoms. The number of benzene rings is 1. The van der Waals surface area contributed by atoms with Gasteiger partial charge in [-0.1, -0.05) is 31.5 Å². The van der Waals surface area contributed by atoms with E-state index in [2.05, 4.69) is 29.2 Å². The number of pyridine rings is 1. The van der Waals surface area contributed by atoms with Gasteiger partial charge in [-0.25, -0.2) is 27.0 Å². The number of imidazole rings is 1. The van der Waals surface area contributed by atoms with E-state index in [4.69, 9.17) is 0 Å². The highest BCUT2D eigenvalue weighted by molar-refractivity contribution is 7.90. The van der Waals surface area contributed by atoms with E-state index in [-0.39, 0.29) is 4.90 Å². The molecule has 7 nitrogen and oxygen atoms in total. The second-order valence-corrected chi connectivity index (χ2v) is 8.73. The molecule has 0 aliphatic carbocycles. The van der Waals surface area contributed by atoms with Crippen molar-refractivity contribution in [2.24, 2.45) is 0 Å². The number of aromatic nitrogens is 4. The lowest BCUT2D eigenvalue weighted by molar-refractivity contribution is 0.588. The minimum absolute atomic E-state index is 0.237. The molecule has 0 amide bonds. The van der Waals surface area contributed by atoms with Crippen molar-refractivity contribution in [2.45, 2.75) is 44.6 Å². The van der Waals surface area contributed by atoms with Crippen LogP contribution in [0.1, 0.15) is 32.3 Å². The topological polar surface area (TPSA) is 81.8 Å². The van der Waals surface area contributed by atoms with Gasteiger partial charge in [0, 0.05) is 17.6 Å². The molecule has 4 rings (SSSR count). The van der Waals surface area contributed by atoms with Crippen molar-refractivity contribution in [2.75, 3.05) is 5.43 Å². The van der Waals surface area contributed by atoms with Crippen molar-refractivity contribution in [1.82, 2.24) is 18.6 Å². The molecular formula is C20H23N5O2S. The molecule has 146 valence electrons. The van der Waals surface area contributed by atoms with Crippen molar-refractivity contribution in [3.8, 4) is 0 Å². The van der Waals surface area contributed by atoms with Crippen molar-refractivity contribution in [1.29, 1.82) is 0 Å². The Hall–Kier alpha value is -2.87. The lowest BCUT2D eigenvalue weighted by Gasteiger charge is -2.17. The highest BCUT2D eigenvalue weighted by Gasteiger charge is 2.21. The van der Waals surface area contributed by atoms with E-state index < -0.39 is 10.0 Å². The van der Waals surface area contributed by atoms with E-state index in [1.54, 1.807) is 49.1 Å². The molecule has 0 spiro atoms. The van der Waals surface area contributed by atoms with Gasteiger partial charge in [-0.05, 0) is 38.0 Å². The van der Waals surface area contributed by atoms with E-state index in [0.717, 1.165) is 34.8 Å². The van der Waals surface area contributed by atoms with Gasteiger partial charge in [-0.2, -0.15) is 0 Å². The molecule has 28 heavy (non-hydrogen) atoms. The van der Waals surface area contributed by atoms with Crippen LogP contribution >= 0.6 is 0 Å². The molecule has 0 aliphatic rings. The molecule has 3 heterocycles. The number of nitrogens with one attached hydrogen (secondary N) is 1. The van der Waals surface area contributed by atoms with Crippen LogP contribution in [-0.2, 0) is 10.0 Å². The molecule has 0 aliphatic heterocycles. The van der Waals surface area contributed by atoms with E-state index in [9.17, 15) is 8.42 Å². The number of fused-ring (bicyclic) bond motifs is 3. The zero-order valence-corrected chi connectivity index (χ0v) is 16.9. The van der Waals surface area contributed by atoms with Gasteiger partial charge < -0.3 is 5.43 Å². The molecule has 0 atom stereocenters. The molecule has 4 aromatic rings. The van der Waals surface area contributed by atoms with E-state index >= 15 is 0 Å². The van der Waals surface area contributed by atoms with Gasteiger partial charge in [0.2, 0.25) is 0 Å². The molecule has 0 radical (unpaired) electrons. The Balaban J connectivity index is 1.88. The zero-order chi connectivity index (χ0) is 19.9. The summed E-state index contributed by atoms with van der Waals surface area (Å²) in [7, 11) is -3.73. The summed E-state index contributed by atoms with van der Waals surface area (Å²) in [6.45, 7) is 6.18. The Kier molecular flexibility index (Phi) is 4.58. The number of nitrogens with zero attached hydrogens (tertiary/aromatic N) is 4. The zero-order valence-electron chi connectivity index (χ0n) is 16.1. The van der Waals surface area contributed by atoms with Gasteiger partial charge in [0.1, 0.15) is 17.4 Å². The van der Waals surface area contributed by atoms with Crippen LogP contribution in [0.5, 0.6) is 0 Å². The maximum absolute atomic E-state index is 13.1. The molecule has 1 N–H and O–H groups in total. The summed E-state index contributed by atoms with van der Waals surface area (Å²) in [6, 6.07) is 8.90. The summed E-state index contributed by atoms with van der Waals surface area (Å²) in [5.74, 6) is 0. The minimum Gasteiger partial charge on any atom is -0.321 e. The molecule has 1 aromatic carbocycles. The molecule has 0 fully saturated rings. The maximum atomic E-state index is 13.1. The third-order valence-electron chi connectivity index (χ3n) is 5.07. The Bertz CT molecular complexity index is 1240. The number of aryl methyl sites for hydroxylation is 1. The quantitative estimate of drug-likeness (QED) is 0.537. The predicted molar refractivity (Wildman–Crippen MR) is 111 cm³/mol. The standard InChI is InChI=1S/C20H23N5O2S/c1-4-15(5-2)23-24-13-22-18-12-21-20-17(19(18)24)10-11-25(20)28(26,27)16-8-6-14(3)7-9-16/h6-13,15,23H,4-5H2,1-3H3. The van der Waals surface area contributed by atoms with Gasteiger partial charge >= 0.3 is 0 Å². The van der Waals surface area contributed by atoms with Gasteiger partial charge in [-0.3, -0.25) is 0 Å². The van der Waals surface area contributed by atoms with Gasteiger partial charge in [0.25, 0.3) is 10.0 Å². The third-order valence-corrected chi connectivity index (χ3v) is 6.75. The average molecular weight is 398 g/mol. The second-order valence-electron chi connectivity index (χ2n) is 6.92. The highest BCUT2D eigenvalue weighted by atomic mass is 32.2. The summed E-state index contributed by atoms with van der Waals surface area (Å²) >= 11 is 0. The number of hydrogen-bond acceptors (Lipinski definition) is 5. The van der Waals surface area contributed by atoms with Crippen LogP contribution in [0.2, 0.25) is 0 Å². The first-order valence-corrected chi connectivity index (χ1v) is 10.8. The van der Waals surface area contributed by atoms with Crippen molar-refractivity contribution in [3.05, 3.63) is 54.6 Å². The average Bonchev–Trinajstić information content (AvgIpc) is 3.30. The first-order chi connectivity index (χ1) is 13.5. The van der Waals surface area contributed by atoms with Crippen LogP contribution in [0.25, 0.3) is 22.1 Å². The van der Waals surface area contributed by atoms with Gasteiger partial charge in [0.15, 0.2) is 5.65 Å². The third kappa shape index (κ3) is 2.93. The lowest BCUT2D eigenvalue weighted by atomic mass is 10.2. The number of rotatable bonds is 6. The van der Waals surface area contributed by atoms with Crippen LogP contribution in [0.4, 0.5) is 0 Å². The monoisotopic (exact) mass is 397 g/mol. The second kappa shape index (κ2) is 6.94. The molecule has 8 heteroatoms. The first-order valence-electron chi connectivity index (χ1n) is 9.37. The van der Waals surface area contributed by atoms with E-state index in [1.807, 2.05) is 11.6 Å². The fourth-order valence-electron chi connectivity index (χ4n) is 3.35. The van der Waals surface area contributed by atoms with E-state index in [1.165, 1.54) is 3.97 Å². The van der Waals surface area contributed by atoms with Crippen molar-refractivity contribution in [3.63, 3.8) is 0 Å². The minimum atomic E-state index is -3.73. The Morgan fingerprint density at radius 1 is 1.07 bits per heavy atom. The van der Waals surface area contributed by atoms with E-state index in [0.29, 0.717) is 11.7 Å². The van der Waals surface area contributed by atoms with Gasteiger partial charge in [-0.15, -0.1) is 0 Å². The van der Waals surface area contributed by atoms with Crippen LogP contribution < -0.4 is 5.43 Å². The fraction of sp³-hybridized carbons (Fsp3) is 0.300.